The summed E-state index contributed by atoms with van der Waals surface area (Å²) in [6.45, 7) is 0.608. The minimum atomic E-state index is -4.41. The molecule has 4 aromatic rings. The van der Waals surface area contributed by atoms with Crippen LogP contribution in [-0.2, 0) is 31.7 Å². The van der Waals surface area contributed by atoms with E-state index in [4.69, 9.17) is 23.9 Å². The van der Waals surface area contributed by atoms with Gasteiger partial charge in [-0.3, -0.25) is 4.99 Å². The summed E-state index contributed by atoms with van der Waals surface area (Å²) >= 11 is 1.53. The molecular weight excluding hydrogens is 575 g/mol. The Morgan fingerprint density at radius 1 is 0.814 bits per heavy atom. The Balaban J connectivity index is 1.34. The summed E-state index contributed by atoms with van der Waals surface area (Å²) in [6, 6.07) is 33.8. The maximum absolute atomic E-state index is 13.2. The maximum atomic E-state index is 13.2. The van der Waals surface area contributed by atoms with Gasteiger partial charge in [0.15, 0.2) is 6.29 Å². The molecule has 2 heterocycles. The highest BCUT2D eigenvalue weighted by atomic mass is 32.2. The molecule has 0 saturated carbocycles. The van der Waals surface area contributed by atoms with Crippen molar-refractivity contribution in [3.05, 3.63) is 138 Å². The highest BCUT2D eigenvalue weighted by molar-refractivity contribution is 7.99. The lowest BCUT2D eigenvalue weighted by Crippen LogP contribution is -2.61. The average molecular weight is 606 g/mol. The summed E-state index contributed by atoms with van der Waals surface area (Å²) in [6.07, 6.45) is -4.96. The van der Waals surface area contributed by atoms with Crippen LogP contribution in [0.1, 0.15) is 28.5 Å². The molecule has 5 nitrogen and oxygen atoms in total. The van der Waals surface area contributed by atoms with Gasteiger partial charge >= 0.3 is 6.18 Å². The molecule has 4 aromatic carbocycles. The van der Waals surface area contributed by atoms with E-state index in [9.17, 15) is 13.2 Å². The third-order valence-corrected chi connectivity index (χ3v) is 8.45. The molecule has 2 fully saturated rings. The van der Waals surface area contributed by atoms with E-state index in [0.717, 1.165) is 28.2 Å². The first-order valence-corrected chi connectivity index (χ1v) is 14.9. The molecule has 6 rings (SSSR count). The summed E-state index contributed by atoms with van der Waals surface area (Å²) in [5.41, 5.74) is 1.24. The van der Waals surface area contributed by atoms with E-state index in [0.29, 0.717) is 12.2 Å². The van der Waals surface area contributed by atoms with Crippen LogP contribution in [0.5, 0.6) is 0 Å². The number of fused-ring (bicyclic) bond motifs is 1. The Morgan fingerprint density at radius 2 is 1.47 bits per heavy atom. The molecule has 2 aliphatic heterocycles. The molecule has 0 aliphatic carbocycles. The van der Waals surface area contributed by atoms with Crippen LogP contribution >= 0.6 is 11.8 Å². The molecule has 2 saturated heterocycles. The van der Waals surface area contributed by atoms with E-state index in [1.807, 2.05) is 91.0 Å². The van der Waals surface area contributed by atoms with E-state index < -0.39 is 47.8 Å². The summed E-state index contributed by atoms with van der Waals surface area (Å²) in [7, 11) is 0. The van der Waals surface area contributed by atoms with E-state index >= 15 is 0 Å². The van der Waals surface area contributed by atoms with Crippen LogP contribution in [0.3, 0.4) is 0 Å². The lowest BCUT2D eigenvalue weighted by Gasteiger charge is -2.48. The SMILES string of the molecule is FC(F)(F)c1ccc(C=N[C@@H]2[C@H](OCc3ccccc3)[C@@H](Sc3ccccc3)O[C@@H]3CO[C@@H](c4ccccc4)O[C@@H]23)cc1. The molecule has 0 unspecified atom stereocenters. The second-order valence-electron chi connectivity index (χ2n) is 10.3. The van der Waals surface area contributed by atoms with Gasteiger partial charge in [-0.2, -0.15) is 13.2 Å². The molecular formula is C34H30F3NO4S. The number of rotatable bonds is 8. The molecule has 9 heteroatoms. The molecule has 0 radical (unpaired) electrons. The van der Waals surface area contributed by atoms with E-state index in [1.54, 1.807) is 6.21 Å². The molecule has 0 amide bonds. The number of benzene rings is 4. The van der Waals surface area contributed by atoms with Crippen LogP contribution in [0.15, 0.2) is 125 Å². The predicted molar refractivity (Wildman–Crippen MR) is 159 cm³/mol. The largest absolute Gasteiger partial charge is 0.416 e. The Bertz CT molecular complexity index is 1470. The topological polar surface area (TPSA) is 49.3 Å². The quantitative estimate of drug-likeness (QED) is 0.193. The van der Waals surface area contributed by atoms with Crippen LogP contribution in [0.25, 0.3) is 0 Å². The first-order valence-electron chi connectivity index (χ1n) is 14.0. The number of thioether (sulfide) groups is 1. The fourth-order valence-corrected chi connectivity index (χ4v) is 6.27. The average Bonchev–Trinajstić information content (AvgIpc) is 3.04. The Morgan fingerprint density at radius 3 is 2.14 bits per heavy atom. The highest BCUT2D eigenvalue weighted by Crippen LogP contribution is 2.41. The summed E-state index contributed by atoms with van der Waals surface area (Å²) in [4.78, 5) is 5.94. The number of hydrogen-bond acceptors (Lipinski definition) is 6. The van der Waals surface area contributed by atoms with Crippen molar-refractivity contribution in [3.63, 3.8) is 0 Å². The van der Waals surface area contributed by atoms with Crippen LogP contribution < -0.4 is 0 Å². The minimum absolute atomic E-state index is 0.285. The molecule has 43 heavy (non-hydrogen) atoms. The Kier molecular flexibility index (Phi) is 9.25. The zero-order valence-electron chi connectivity index (χ0n) is 23.0. The van der Waals surface area contributed by atoms with Crippen molar-refractivity contribution in [1.82, 2.24) is 0 Å². The van der Waals surface area contributed by atoms with Gasteiger partial charge in [-0.25, -0.2) is 0 Å². The molecule has 6 atom stereocenters. The lowest BCUT2D eigenvalue weighted by molar-refractivity contribution is -0.300. The van der Waals surface area contributed by atoms with Crippen molar-refractivity contribution in [2.24, 2.45) is 4.99 Å². The van der Waals surface area contributed by atoms with Crippen molar-refractivity contribution in [2.75, 3.05) is 6.61 Å². The Labute approximate surface area is 252 Å². The molecule has 0 spiro atoms. The minimum Gasteiger partial charge on any atom is -0.368 e. The van der Waals surface area contributed by atoms with E-state index in [-0.39, 0.29) is 6.61 Å². The van der Waals surface area contributed by atoms with Crippen LogP contribution in [0.4, 0.5) is 13.2 Å². The Hall–Kier alpha value is -3.47. The summed E-state index contributed by atoms with van der Waals surface area (Å²) in [5, 5.41) is 0. The third kappa shape index (κ3) is 7.37. The predicted octanol–water partition coefficient (Wildman–Crippen LogP) is 7.71. The number of aliphatic imine (C=N–C) groups is 1. The summed E-state index contributed by atoms with van der Waals surface area (Å²) < 4.78 is 65.3. The van der Waals surface area contributed by atoms with Crippen LogP contribution in [-0.4, -0.2) is 42.6 Å². The fourth-order valence-electron chi connectivity index (χ4n) is 5.12. The van der Waals surface area contributed by atoms with Crippen LogP contribution in [0.2, 0.25) is 0 Å². The maximum Gasteiger partial charge on any atom is 0.416 e. The molecule has 222 valence electrons. The van der Waals surface area contributed by atoms with Gasteiger partial charge in [-0.1, -0.05) is 103 Å². The summed E-state index contributed by atoms with van der Waals surface area (Å²) in [5.74, 6) is 0. The zero-order chi connectivity index (χ0) is 29.6. The van der Waals surface area contributed by atoms with Crippen LogP contribution in [0, 0.1) is 0 Å². The van der Waals surface area contributed by atoms with Gasteiger partial charge in [-0.05, 0) is 35.4 Å². The molecule has 0 N–H and O–H groups in total. The molecule has 2 aliphatic rings. The lowest BCUT2D eigenvalue weighted by atomic mass is 9.96. The van der Waals surface area contributed by atoms with Gasteiger partial charge in [0.1, 0.15) is 29.8 Å². The van der Waals surface area contributed by atoms with Crippen molar-refractivity contribution in [3.8, 4) is 0 Å². The van der Waals surface area contributed by atoms with Crippen molar-refractivity contribution in [1.29, 1.82) is 0 Å². The highest BCUT2D eigenvalue weighted by Gasteiger charge is 2.51. The third-order valence-electron chi connectivity index (χ3n) is 7.30. The van der Waals surface area contributed by atoms with Gasteiger partial charge in [-0.15, -0.1) is 0 Å². The second-order valence-corrected chi connectivity index (χ2v) is 11.5. The van der Waals surface area contributed by atoms with Crippen molar-refractivity contribution < 1.29 is 32.1 Å². The number of halogens is 3. The first kappa shape index (κ1) is 29.6. The smallest absolute Gasteiger partial charge is 0.368 e. The van der Waals surface area contributed by atoms with Gasteiger partial charge in [0.05, 0.1) is 18.8 Å². The van der Waals surface area contributed by atoms with E-state index in [1.165, 1.54) is 23.9 Å². The first-order chi connectivity index (χ1) is 20.9. The van der Waals surface area contributed by atoms with Gasteiger partial charge in [0.25, 0.3) is 0 Å². The number of hydrogen-bond donors (Lipinski definition) is 0. The number of ether oxygens (including phenoxy) is 4. The standard InChI is InChI=1S/C34H30F3NO4S/c35-34(36,37)26-18-16-23(17-19-26)20-38-29-30-28(22-40-32(42-30)25-12-6-2-7-13-25)41-33(43-27-14-8-3-9-15-27)31(29)39-21-24-10-4-1-5-11-24/h1-20,28-33H,21-22H2/t28-,29+,30-,31+,32-,33-/m1/s1. The number of alkyl halides is 3. The fraction of sp³-hybridized carbons (Fsp3) is 0.265. The van der Waals surface area contributed by atoms with E-state index in [2.05, 4.69) is 0 Å². The molecule has 0 bridgehead atoms. The monoisotopic (exact) mass is 605 g/mol. The zero-order valence-corrected chi connectivity index (χ0v) is 23.9. The normalized spacial score (nSPS) is 25.8. The molecule has 0 aromatic heterocycles. The second kappa shape index (κ2) is 13.4. The van der Waals surface area contributed by atoms with Crippen molar-refractivity contribution >= 4 is 18.0 Å². The van der Waals surface area contributed by atoms with Gasteiger partial charge in [0, 0.05) is 16.7 Å². The number of nitrogens with zero attached hydrogens (tertiary/aromatic N) is 1. The van der Waals surface area contributed by atoms with Gasteiger partial charge < -0.3 is 18.9 Å². The van der Waals surface area contributed by atoms with Gasteiger partial charge in [0.2, 0.25) is 0 Å². The van der Waals surface area contributed by atoms with Crippen molar-refractivity contribution in [2.45, 2.75) is 53.8 Å².